The SMILES string of the molecule is Cl.FC(F)(F)I.c1ccccc1. The van der Waals surface area contributed by atoms with Gasteiger partial charge < -0.3 is 0 Å². The molecule has 0 heterocycles. The third-order valence-corrected chi connectivity index (χ3v) is 0.667. The molecule has 0 bridgehead atoms. The first-order chi connectivity index (χ1) is 5.00. The fourth-order valence-electron chi connectivity index (χ4n) is 0.385. The standard InChI is InChI=1S/C6H6.CF3I.ClH/c1-2-4-6-5-3-1;2-1(3,4)5;/h1-6H;;1H. The molecule has 1 rings (SSSR count). The maximum Gasteiger partial charge on any atom is 0.441 e. The van der Waals surface area contributed by atoms with Crippen LogP contribution in [0.15, 0.2) is 36.4 Å². The fourth-order valence-corrected chi connectivity index (χ4v) is 0.385. The Labute approximate surface area is 88.7 Å². The Morgan fingerprint density at radius 2 is 0.833 bits per heavy atom. The van der Waals surface area contributed by atoms with Crippen molar-refractivity contribution in [3.8, 4) is 0 Å². The average Bonchev–Trinajstić information content (AvgIpc) is 1.88. The van der Waals surface area contributed by atoms with Gasteiger partial charge in [-0.05, 0) is 0 Å². The molecule has 0 N–H and O–H groups in total. The molecule has 12 heavy (non-hydrogen) atoms. The Bertz CT molecular complexity index is 143. The van der Waals surface area contributed by atoms with Gasteiger partial charge >= 0.3 is 4.18 Å². The molecule has 0 saturated carbocycles. The smallest absolute Gasteiger partial charge is 0.161 e. The first kappa shape index (κ1) is 14.5. The first-order valence-corrected chi connectivity index (χ1v) is 3.83. The Hall–Kier alpha value is 0.0300. The summed E-state index contributed by atoms with van der Waals surface area (Å²) >= 11 is 0.378. The van der Waals surface area contributed by atoms with E-state index in [0.717, 1.165) is 0 Å². The van der Waals surface area contributed by atoms with E-state index in [1.165, 1.54) is 0 Å². The highest BCUT2D eigenvalue weighted by atomic mass is 127. The number of rotatable bonds is 0. The minimum absolute atomic E-state index is 0. The molecule has 0 amide bonds. The monoisotopic (exact) mass is 310 g/mol. The summed E-state index contributed by atoms with van der Waals surface area (Å²) in [6.45, 7) is 0. The molecule has 0 nitrogen and oxygen atoms in total. The Morgan fingerprint density at radius 1 is 0.750 bits per heavy atom. The topological polar surface area (TPSA) is 0 Å². The van der Waals surface area contributed by atoms with Crippen molar-refractivity contribution >= 4 is 35.0 Å². The van der Waals surface area contributed by atoms with Gasteiger partial charge in [0.25, 0.3) is 0 Å². The van der Waals surface area contributed by atoms with Gasteiger partial charge in [0, 0.05) is 22.6 Å². The zero-order valence-corrected chi connectivity index (χ0v) is 8.86. The van der Waals surface area contributed by atoms with Crippen LogP contribution in [0.1, 0.15) is 0 Å². The molecule has 70 valence electrons. The summed E-state index contributed by atoms with van der Waals surface area (Å²) in [6.07, 6.45) is 0. The van der Waals surface area contributed by atoms with Crippen molar-refractivity contribution in [3.05, 3.63) is 36.4 Å². The summed E-state index contributed by atoms with van der Waals surface area (Å²) in [5.41, 5.74) is 0. The molecule has 0 saturated heterocycles. The third kappa shape index (κ3) is 22.5. The van der Waals surface area contributed by atoms with E-state index in [9.17, 15) is 13.2 Å². The molecule has 1 aromatic carbocycles. The van der Waals surface area contributed by atoms with Gasteiger partial charge in [-0.15, -0.1) is 12.4 Å². The summed E-state index contributed by atoms with van der Waals surface area (Å²) in [7, 11) is 0. The van der Waals surface area contributed by atoms with Crippen molar-refractivity contribution in [2.24, 2.45) is 0 Å². The lowest BCUT2D eigenvalue weighted by Crippen LogP contribution is -1.87. The zero-order valence-electron chi connectivity index (χ0n) is 5.88. The summed E-state index contributed by atoms with van der Waals surface area (Å²) in [5.74, 6) is 0. The lowest BCUT2D eigenvalue weighted by Gasteiger charge is -1.85. The molecule has 5 heteroatoms. The van der Waals surface area contributed by atoms with E-state index in [2.05, 4.69) is 0 Å². The molecule has 1 aromatic rings. The highest BCUT2D eigenvalue weighted by molar-refractivity contribution is 14.1. The van der Waals surface area contributed by atoms with Gasteiger partial charge in [-0.25, -0.2) is 0 Å². The van der Waals surface area contributed by atoms with Crippen molar-refractivity contribution < 1.29 is 13.2 Å². The first-order valence-electron chi connectivity index (χ1n) is 2.76. The van der Waals surface area contributed by atoms with E-state index in [0.29, 0.717) is 22.6 Å². The Balaban J connectivity index is 0. The summed E-state index contributed by atoms with van der Waals surface area (Å²) in [5, 5.41) is 0. The largest absolute Gasteiger partial charge is 0.441 e. The lowest BCUT2D eigenvalue weighted by molar-refractivity contribution is -0.0125. The van der Waals surface area contributed by atoms with Crippen LogP contribution in [-0.2, 0) is 0 Å². The van der Waals surface area contributed by atoms with Crippen LogP contribution in [0.4, 0.5) is 13.2 Å². The minimum atomic E-state index is -4.03. The Kier molecular flexibility index (Phi) is 9.30. The van der Waals surface area contributed by atoms with Crippen molar-refractivity contribution in [2.75, 3.05) is 0 Å². The van der Waals surface area contributed by atoms with Crippen LogP contribution < -0.4 is 0 Å². The summed E-state index contributed by atoms with van der Waals surface area (Å²) in [4.78, 5) is 0. The molecule has 0 radical (unpaired) electrons. The van der Waals surface area contributed by atoms with E-state index >= 15 is 0 Å². The maximum atomic E-state index is 10.3. The van der Waals surface area contributed by atoms with E-state index in [1.54, 1.807) is 0 Å². The van der Waals surface area contributed by atoms with Gasteiger partial charge in [0.05, 0.1) is 0 Å². The Morgan fingerprint density at radius 3 is 0.917 bits per heavy atom. The molecule has 0 aliphatic heterocycles. The number of hydrogen-bond donors (Lipinski definition) is 0. The predicted octanol–water partition coefficient (Wildman–Crippen LogP) is 4.05. The van der Waals surface area contributed by atoms with Crippen LogP contribution in [0, 0.1) is 0 Å². The summed E-state index contributed by atoms with van der Waals surface area (Å²) < 4.78 is 27.0. The van der Waals surface area contributed by atoms with E-state index in [1.807, 2.05) is 36.4 Å². The van der Waals surface area contributed by atoms with E-state index < -0.39 is 4.18 Å². The zero-order chi connectivity index (χ0) is 8.74. The molecule has 0 aliphatic rings. The number of hydrogen-bond acceptors (Lipinski definition) is 0. The van der Waals surface area contributed by atoms with Gasteiger partial charge in [0.2, 0.25) is 0 Å². The van der Waals surface area contributed by atoms with Crippen molar-refractivity contribution in [2.45, 2.75) is 4.18 Å². The normalized spacial score (nSPS) is 9.00. The van der Waals surface area contributed by atoms with E-state index in [4.69, 9.17) is 0 Å². The quantitative estimate of drug-likeness (QED) is 0.501. The fraction of sp³-hybridized carbons (Fsp3) is 0.143. The minimum Gasteiger partial charge on any atom is -0.161 e. The lowest BCUT2D eigenvalue weighted by atomic mass is 10.4. The van der Waals surface area contributed by atoms with Crippen molar-refractivity contribution in [3.63, 3.8) is 0 Å². The van der Waals surface area contributed by atoms with Crippen LogP contribution in [-0.4, -0.2) is 4.18 Å². The highest BCUT2D eigenvalue weighted by Crippen LogP contribution is 2.22. The number of alkyl halides is 4. The molecular weight excluding hydrogens is 303 g/mol. The van der Waals surface area contributed by atoms with Crippen LogP contribution in [0.2, 0.25) is 0 Å². The van der Waals surface area contributed by atoms with E-state index in [-0.39, 0.29) is 12.4 Å². The second-order valence-electron chi connectivity index (χ2n) is 1.58. The third-order valence-electron chi connectivity index (χ3n) is 0.667. The predicted molar refractivity (Wildman–Crippen MR) is 53.8 cm³/mol. The molecule has 0 aromatic heterocycles. The molecular formula is C7H7ClF3I. The molecule has 0 atom stereocenters. The van der Waals surface area contributed by atoms with Crippen molar-refractivity contribution in [1.82, 2.24) is 0 Å². The van der Waals surface area contributed by atoms with Crippen LogP contribution in [0.5, 0.6) is 0 Å². The number of benzene rings is 1. The highest BCUT2D eigenvalue weighted by Gasteiger charge is 2.19. The maximum absolute atomic E-state index is 10.3. The summed E-state index contributed by atoms with van der Waals surface area (Å²) in [6, 6.07) is 12.0. The average molecular weight is 310 g/mol. The van der Waals surface area contributed by atoms with Gasteiger partial charge in [-0.1, -0.05) is 36.4 Å². The molecule has 0 spiro atoms. The molecule has 0 unspecified atom stereocenters. The van der Waals surface area contributed by atoms with Gasteiger partial charge in [0.15, 0.2) is 0 Å². The van der Waals surface area contributed by atoms with Gasteiger partial charge in [-0.2, -0.15) is 13.2 Å². The molecule has 0 aliphatic carbocycles. The molecule has 0 fully saturated rings. The van der Waals surface area contributed by atoms with Gasteiger partial charge in [0.1, 0.15) is 0 Å². The van der Waals surface area contributed by atoms with Crippen LogP contribution in [0.25, 0.3) is 0 Å². The van der Waals surface area contributed by atoms with Crippen molar-refractivity contribution in [1.29, 1.82) is 0 Å². The second kappa shape index (κ2) is 7.67. The van der Waals surface area contributed by atoms with Gasteiger partial charge in [-0.3, -0.25) is 0 Å². The number of halogens is 5. The van der Waals surface area contributed by atoms with Crippen LogP contribution >= 0.6 is 35.0 Å². The van der Waals surface area contributed by atoms with Crippen LogP contribution in [0.3, 0.4) is 0 Å². The second-order valence-corrected chi connectivity index (χ2v) is 2.81.